The lowest BCUT2D eigenvalue weighted by atomic mass is 10.0. The van der Waals surface area contributed by atoms with Crippen molar-refractivity contribution in [2.24, 2.45) is 0 Å². The second-order valence-electron chi connectivity index (χ2n) is 7.71. The second-order valence-corrected chi connectivity index (χ2v) is 8.63. The van der Waals surface area contributed by atoms with Gasteiger partial charge >= 0.3 is 5.97 Å². The highest BCUT2D eigenvalue weighted by Crippen LogP contribution is 2.31. The average molecular weight is 534 g/mol. The van der Waals surface area contributed by atoms with Gasteiger partial charge in [-0.25, -0.2) is 9.18 Å². The van der Waals surface area contributed by atoms with Gasteiger partial charge in [0.2, 0.25) is 0 Å². The summed E-state index contributed by atoms with van der Waals surface area (Å²) in [6.45, 7) is -0.0549. The Bertz CT molecular complexity index is 1360. The van der Waals surface area contributed by atoms with Crippen molar-refractivity contribution < 1.29 is 23.8 Å². The number of hydrogen-bond acceptors (Lipinski definition) is 4. The highest BCUT2D eigenvalue weighted by atomic mass is 79.9. The molecule has 0 bridgehead atoms. The van der Waals surface area contributed by atoms with Crippen LogP contribution in [0, 0.1) is 5.82 Å². The third-order valence-corrected chi connectivity index (χ3v) is 5.86. The fourth-order valence-corrected chi connectivity index (χ4v) is 3.97. The maximum absolute atomic E-state index is 15.4. The van der Waals surface area contributed by atoms with E-state index in [0.29, 0.717) is 21.3 Å². The Balaban J connectivity index is 1.59. The first-order chi connectivity index (χ1) is 16.9. The van der Waals surface area contributed by atoms with Crippen molar-refractivity contribution in [3.63, 3.8) is 0 Å². The number of carboxylic acids is 1. The van der Waals surface area contributed by atoms with E-state index in [1.54, 1.807) is 48.5 Å². The number of aromatic carboxylic acids is 1. The number of Topliss-reactive ketones (excluding diaryl/α,β-unsaturated/α-hetero) is 1. The van der Waals surface area contributed by atoms with E-state index in [9.17, 15) is 14.7 Å². The second kappa shape index (κ2) is 11.0. The van der Waals surface area contributed by atoms with Crippen LogP contribution < -0.4 is 10.1 Å². The molecule has 7 heteroatoms. The summed E-state index contributed by atoms with van der Waals surface area (Å²) in [5, 5.41) is 12.3. The highest BCUT2D eigenvalue weighted by Gasteiger charge is 2.21. The summed E-state index contributed by atoms with van der Waals surface area (Å²) in [5.74, 6) is -2.04. The van der Waals surface area contributed by atoms with E-state index in [1.165, 1.54) is 12.1 Å². The number of carboxylic acid groups (broad SMARTS) is 1. The lowest BCUT2D eigenvalue weighted by Crippen LogP contribution is -2.18. The van der Waals surface area contributed by atoms with Gasteiger partial charge in [-0.15, -0.1) is 0 Å². The van der Waals surface area contributed by atoms with Gasteiger partial charge in [-0.1, -0.05) is 82.7 Å². The van der Waals surface area contributed by atoms with Crippen LogP contribution in [0.3, 0.4) is 0 Å². The van der Waals surface area contributed by atoms with Crippen LogP contribution in [-0.2, 0) is 6.61 Å². The maximum atomic E-state index is 15.4. The number of benzene rings is 4. The number of ether oxygens (including phenoxy) is 1. The molecule has 0 aliphatic heterocycles. The summed E-state index contributed by atoms with van der Waals surface area (Å²) in [7, 11) is 0. The normalized spacial score (nSPS) is 10.6. The molecule has 0 heterocycles. The first kappa shape index (κ1) is 24.2. The van der Waals surface area contributed by atoms with E-state index in [2.05, 4.69) is 21.2 Å². The molecule has 5 nitrogen and oxygen atoms in total. The first-order valence-electron chi connectivity index (χ1n) is 10.8. The largest absolute Gasteiger partial charge is 0.488 e. The summed E-state index contributed by atoms with van der Waals surface area (Å²) in [5.41, 5.74) is 1.57. The van der Waals surface area contributed by atoms with Crippen molar-refractivity contribution in [2.75, 3.05) is 11.9 Å². The molecular weight excluding hydrogens is 513 g/mol. The monoisotopic (exact) mass is 533 g/mol. The molecule has 0 aromatic heterocycles. The van der Waals surface area contributed by atoms with E-state index in [1.807, 2.05) is 30.3 Å². The fourth-order valence-electron chi connectivity index (χ4n) is 3.61. The minimum atomic E-state index is -1.30. The van der Waals surface area contributed by atoms with Crippen LogP contribution in [0.2, 0.25) is 0 Å². The van der Waals surface area contributed by atoms with Crippen molar-refractivity contribution in [1.82, 2.24) is 0 Å². The Labute approximate surface area is 210 Å². The molecule has 0 aliphatic rings. The van der Waals surface area contributed by atoms with Gasteiger partial charge in [-0.05, 0) is 35.4 Å². The minimum Gasteiger partial charge on any atom is -0.488 e. The fraction of sp³-hybridized carbons (Fsp3) is 0.0714. The van der Waals surface area contributed by atoms with Gasteiger partial charge < -0.3 is 15.2 Å². The minimum absolute atomic E-state index is 0.236. The van der Waals surface area contributed by atoms with E-state index >= 15 is 4.39 Å². The number of carbonyl (C=O) groups excluding carboxylic acids is 1. The molecule has 2 N–H and O–H groups in total. The zero-order valence-corrected chi connectivity index (χ0v) is 20.1. The Morgan fingerprint density at radius 3 is 2.26 bits per heavy atom. The lowest BCUT2D eigenvalue weighted by molar-refractivity contribution is 0.0697. The van der Waals surface area contributed by atoms with Gasteiger partial charge in [-0.3, -0.25) is 4.79 Å². The van der Waals surface area contributed by atoms with Gasteiger partial charge in [-0.2, -0.15) is 0 Å². The van der Waals surface area contributed by atoms with E-state index in [4.69, 9.17) is 4.74 Å². The molecule has 4 aromatic rings. The SMILES string of the molecule is O=C(CNc1c(C(=O)O)ccc(-c2ccccc2)c1F)c1cc(Br)ccc1OCc1ccccc1. The zero-order valence-electron chi connectivity index (χ0n) is 18.5. The summed E-state index contributed by atoms with van der Waals surface area (Å²) in [4.78, 5) is 24.9. The third kappa shape index (κ3) is 5.75. The van der Waals surface area contributed by atoms with E-state index < -0.39 is 11.8 Å². The molecule has 0 atom stereocenters. The molecule has 4 rings (SSSR count). The number of halogens is 2. The number of ketones is 1. The Morgan fingerprint density at radius 1 is 0.886 bits per heavy atom. The van der Waals surface area contributed by atoms with Crippen LogP contribution in [0.25, 0.3) is 11.1 Å². The molecule has 0 unspecified atom stereocenters. The number of nitrogens with one attached hydrogen (secondary N) is 1. The highest BCUT2D eigenvalue weighted by molar-refractivity contribution is 9.10. The molecule has 0 fully saturated rings. The summed E-state index contributed by atoms with van der Waals surface area (Å²) in [6, 6.07) is 26.1. The van der Waals surface area contributed by atoms with Crippen LogP contribution in [0.15, 0.2) is 95.5 Å². The van der Waals surface area contributed by atoms with Gasteiger partial charge in [0.05, 0.1) is 23.4 Å². The number of carbonyl (C=O) groups is 2. The van der Waals surface area contributed by atoms with Crippen LogP contribution in [0.4, 0.5) is 10.1 Å². The molecule has 0 amide bonds. The van der Waals surface area contributed by atoms with Gasteiger partial charge in [0, 0.05) is 10.0 Å². The standard InChI is InChI=1S/C28H21BrFNO4/c29-20-11-14-25(35-17-18-7-3-1-4-8-18)23(15-20)24(32)16-31-27-22(28(33)34)13-12-21(26(27)30)19-9-5-2-6-10-19/h1-15,31H,16-17H2,(H,33,34). The van der Waals surface area contributed by atoms with E-state index in [-0.39, 0.29) is 35.7 Å². The smallest absolute Gasteiger partial charge is 0.337 e. The molecule has 4 aromatic carbocycles. The topological polar surface area (TPSA) is 75.6 Å². The van der Waals surface area contributed by atoms with Crippen molar-refractivity contribution in [3.8, 4) is 16.9 Å². The number of rotatable bonds is 9. The molecule has 0 radical (unpaired) electrons. The van der Waals surface area contributed by atoms with Crippen LogP contribution in [-0.4, -0.2) is 23.4 Å². The van der Waals surface area contributed by atoms with Crippen LogP contribution >= 0.6 is 15.9 Å². The Morgan fingerprint density at radius 2 is 1.57 bits per heavy atom. The van der Waals surface area contributed by atoms with E-state index in [0.717, 1.165) is 5.56 Å². The quantitative estimate of drug-likeness (QED) is 0.230. The van der Waals surface area contributed by atoms with Crippen molar-refractivity contribution >= 4 is 33.4 Å². The van der Waals surface area contributed by atoms with Gasteiger partial charge in [0.15, 0.2) is 11.6 Å². The van der Waals surface area contributed by atoms with Gasteiger partial charge in [0.1, 0.15) is 12.4 Å². The third-order valence-electron chi connectivity index (χ3n) is 5.36. The summed E-state index contributed by atoms with van der Waals surface area (Å²) < 4.78 is 22.0. The number of hydrogen-bond donors (Lipinski definition) is 2. The Hall–Kier alpha value is -3.97. The Kier molecular flexibility index (Phi) is 7.57. The maximum Gasteiger partial charge on any atom is 0.337 e. The predicted octanol–water partition coefficient (Wildman–Crippen LogP) is 6.83. The molecule has 0 saturated carbocycles. The van der Waals surface area contributed by atoms with Crippen molar-refractivity contribution in [2.45, 2.75) is 6.61 Å². The molecular formula is C28H21BrFNO4. The molecule has 0 spiro atoms. The van der Waals surface area contributed by atoms with Gasteiger partial charge in [0.25, 0.3) is 0 Å². The van der Waals surface area contributed by atoms with Crippen LogP contribution in [0.5, 0.6) is 5.75 Å². The average Bonchev–Trinajstić information content (AvgIpc) is 2.87. The van der Waals surface area contributed by atoms with Crippen molar-refractivity contribution in [1.29, 1.82) is 0 Å². The lowest BCUT2D eigenvalue weighted by Gasteiger charge is -2.15. The first-order valence-corrected chi connectivity index (χ1v) is 11.6. The zero-order chi connectivity index (χ0) is 24.8. The molecule has 0 saturated heterocycles. The summed E-state index contributed by atoms with van der Waals surface area (Å²) >= 11 is 3.37. The molecule has 0 aliphatic carbocycles. The summed E-state index contributed by atoms with van der Waals surface area (Å²) in [6.07, 6.45) is 0. The molecule has 35 heavy (non-hydrogen) atoms. The number of anilines is 1. The molecule has 176 valence electrons. The van der Waals surface area contributed by atoms with Crippen LogP contribution in [0.1, 0.15) is 26.3 Å². The van der Waals surface area contributed by atoms with Crippen molar-refractivity contribution in [3.05, 3.63) is 118 Å². The predicted molar refractivity (Wildman–Crippen MR) is 137 cm³/mol.